The number of nitrogens with one attached hydrogen (secondary N) is 1. The van der Waals surface area contributed by atoms with Crippen molar-refractivity contribution in [2.24, 2.45) is 5.73 Å². The largest absolute Gasteiger partial charge is 0.365 e. The predicted molar refractivity (Wildman–Crippen MR) is 87.2 cm³/mol. The van der Waals surface area contributed by atoms with Crippen molar-refractivity contribution in [3.63, 3.8) is 0 Å². The zero-order valence-corrected chi connectivity index (χ0v) is 13.2. The highest BCUT2D eigenvalue weighted by atomic mass is 32.1. The number of carbonyl (C=O) groups excluding carboxylic acids is 2. The van der Waals surface area contributed by atoms with Crippen LogP contribution in [0.2, 0.25) is 0 Å². The molecule has 22 heavy (non-hydrogen) atoms. The van der Waals surface area contributed by atoms with Gasteiger partial charge in [0.25, 0.3) is 11.8 Å². The number of hydrogen-bond acceptors (Lipinski definition) is 3. The van der Waals surface area contributed by atoms with Gasteiger partial charge in [0.15, 0.2) is 0 Å². The van der Waals surface area contributed by atoms with E-state index in [-0.39, 0.29) is 11.9 Å². The van der Waals surface area contributed by atoms with Crippen LogP contribution in [-0.2, 0) is 6.42 Å². The number of amides is 2. The molecule has 0 saturated heterocycles. The maximum Gasteiger partial charge on any atom is 0.261 e. The molecule has 1 aliphatic rings. The van der Waals surface area contributed by atoms with Gasteiger partial charge in [-0.1, -0.05) is 23.8 Å². The summed E-state index contributed by atoms with van der Waals surface area (Å²) in [6.45, 7) is 2.08. The van der Waals surface area contributed by atoms with Crippen molar-refractivity contribution in [3.05, 3.63) is 56.8 Å². The van der Waals surface area contributed by atoms with Crippen LogP contribution < -0.4 is 11.1 Å². The summed E-state index contributed by atoms with van der Waals surface area (Å²) in [6.07, 6.45) is 3.07. The lowest BCUT2D eigenvalue weighted by Gasteiger charge is -2.26. The monoisotopic (exact) mass is 314 g/mol. The van der Waals surface area contributed by atoms with Gasteiger partial charge in [0, 0.05) is 0 Å². The van der Waals surface area contributed by atoms with Crippen LogP contribution in [-0.4, -0.2) is 11.8 Å². The minimum absolute atomic E-state index is 0.0379. The van der Waals surface area contributed by atoms with E-state index in [9.17, 15) is 9.59 Å². The van der Waals surface area contributed by atoms with Crippen molar-refractivity contribution < 1.29 is 9.59 Å². The molecule has 114 valence electrons. The van der Waals surface area contributed by atoms with Crippen molar-refractivity contribution >= 4 is 23.2 Å². The van der Waals surface area contributed by atoms with E-state index < -0.39 is 5.91 Å². The number of rotatable bonds is 3. The van der Waals surface area contributed by atoms with Gasteiger partial charge in [-0.25, -0.2) is 0 Å². The molecule has 0 saturated carbocycles. The summed E-state index contributed by atoms with van der Waals surface area (Å²) in [5.41, 5.74) is 9.00. The number of nitrogens with two attached hydrogens (primary N) is 1. The topological polar surface area (TPSA) is 72.2 Å². The average Bonchev–Trinajstić information content (AvgIpc) is 2.97. The van der Waals surface area contributed by atoms with E-state index in [1.54, 1.807) is 12.1 Å². The van der Waals surface area contributed by atoms with Gasteiger partial charge in [0.1, 0.15) is 0 Å². The highest BCUT2D eigenvalue weighted by molar-refractivity contribution is 7.15. The Labute approximate surface area is 133 Å². The van der Waals surface area contributed by atoms with Gasteiger partial charge >= 0.3 is 0 Å². The van der Waals surface area contributed by atoms with E-state index in [0.717, 1.165) is 30.6 Å². The number of fused-ring (bicyclic) bond motifs is 1. The van der Waals surface area contributed by atoms with Gasteiger partial charge in [0.05, 0.1) is 15.8 Å². The summed E-state index contributed by atoms with van der Waals surface area (Å²) in [6, 6.07) is 9.68. The van der Waals surface area contributed by atoms with Gasteiger partial charge in [-0.3, -0.25) is 9.59 Å². The lowest BCUT2D eigenvalue weighted by atomic mass is 9.86. The lowest BCUT2D eigenvalue weighted by molar-refractivity contribution is 0.0936. The van der Waals surface area contributed by atoms with Crippen molar-refractivity contribution in [2.75, 3.05) is 0 Å². The molecular weight excluding hydrogens is 296 g/mol. The number of benzene rings is 1. The third-order valence-corrected chi connectivity index (χ3v) is 5.09. The highest BCUT2D eigenvalue weighted by Gasteiger charge is 2.23. The van der Waals surface area contributed by atoms with Crippen molar-refractivity contribution in [2.45, 2.75) is 32.2 Å². The fourth-order valence-corrected chi connectivity index (χ4v) is 3.68. The molecule has 3 N–H and O–H groups in total. The molecule has 1 aromatic heterocycles. The van der Waals surface area contributed by atoms with Gasteiger partial charge in [0.2, 0.25) is 0 Å². The molecule has 5 heteroatoms. The van der Waals surface area contributed by atoms with E-state index in [1.807, 2.05) is 0 Å². The molecule has 1 aromatic carbocycles. The molecule has 3 rings (SSSR count). The zero-order chi connectivity index (χ0) is 15.7. The smallest absolute Gasteiger partial charge is 0.261 e. The van der Waals surface area contributed by atoms with Crippen molar-refractivity contribution in [1.82, 2.24) is 5.32 Å². The third kappa shape index (κ3) is 2.90. The summed E-state index contributed by atoms with van der Waals surface area (Å²) >= 11 is 1.13. The zero-order valence-electron chi connectivity index (χ0n) is 12.4. The van der Waals surface area contributed by atoms with Gasteiger partial charge in [-0.15, -0.1) is 11.3 Å². The van der Waals surface area contributed by atoms with Crippen LogP contribution in [0.1, 0.15) is 54.9 Å². The lowest BCUT2D eigenvalue weighted by Crippen LogP contribution is -2.30. The molecule has 1 atom stereocenters. The van der Waals surface area contributed by atoms with Crippen LogP contribution in [0.5, 0.6) is 0 Å². The van der Waals surface area contributed by atoms with Gasteiger partial charge < -0.3 is 11.1 Å². The molecule has 0 aliphatic heterocycles. The molecule has 1 aliphatic carbocycles. The predicted octanol–water partition coefficient (Wildman–Crippen LogP) is 2.96. The fourth-order valence-electron chi connectivity index (χ4n) is 2.91. The van der Waals surface area contributed by atoms with E-state index >= 15 is 0 Å². The maximum absolute atomic E-state index is 12.4. The third-order valence-electron chi connectivity index (χ3n) is 3.99. The molecule has 0 fully saturated rings. The summed E-state index contributed by atoms with van der Waals surface area (Å²) in [5, 5.41) is 3.08. The Morgan fingerprint density at radius 2 is 2.00 bits per heavy atom. The molecule has 1 heterocycles. The average molecular weight is 314 g/mol. The molecular formula is C17H18N2O2S. The molecule has 2 amide bonds. The Morgan fingerprint density at radius 3 is 2.73 bits per heavy atom. The van der Waals surface area contributed by atoms with Crippen LogP contribution in [0.25, 0.3) is 0 Å². The van der Waals surface area contributed by atoms with Crippen molar-refractivity contribution in [3.8, 4) is 0 Å². The van der Waals surface area contributed by atoms with E-state index in [0.29, 0.717) is 9.75 Å². The number of carbonyl (C=O) groups is 2. The Hall–Kier alpha value is -2.14. The van der Waals surface area contributed by atoms with Gasteiger partial charge in [-0.05, 0) is 49.4 Å². The Bertz CT molecular complexity index is 736. The molecule has 0 bridgehead atoms. The first kappa shape index (κ1) is 14.8. The first-order chi connectivity index (χ1) is 10.5. The molecule has 2 aromatic rings. The van der Waals surface area contributed by atoms with Crippen LogP contribution >= 0.6 is 11.3 Å². The van der Waals surface area contributed by atoms with E-state index in [4.69, 9.17) is 5.73 Å². The SMILES string of the molecule is Cc1ccc2c(c1)CCC[C@@H]2NC(=O)c1ccc(C(N)=O)s1. The number of primary amides is 1. The van der Waals surface area contributed by atoms with Gasteiger partial charge in [-0.2, -0.15) is 0 Å². The Balaban J connectivity index is 1.79. The first-order valence-corrected chi connectivity index (χ1v) is 8.16. The molecule has 4 nitrogen and oxygen atoms in total. The molecule has 0 radical (unpaired) electrons. The number of aryl methyl sites for hydroxylation is 2. The number of hydrogen-bond donors (Lipinski definition) is 2. The quantitative estimate of drug-likeness (QED) is 0.914. The second kappa shape index (κ2) is 5.93. The minimum atomic E-state index is -0.498. The summed E-state index contributed by atoms with van der Waals surface area (Å²) in [7, 11) is 0. The van der Waals surface area contributed by atoms with Crippen LogP contribution in [0.15, 0.2) is 30.3 Å². The second-order valence-corrected chi connectivity index (χ2v) is 6.73. The molecule has 0 unspecified atom stereocenters. The minimum Gasteiger partial charge on any atom is -0.365 e. The standard InChI is InChI=1S/C17H18N2O2S/c1-10-5-6-12-11(9-10)3-2-4-13(12)19-17(21)15-8-7-14(22-15)16(18)20/h5-9,13H,2-4H2,1H3,(H2,18,20)(H,19,21)/t13-/m0/s1. The number of thiophene rings is 1. The van der Waals surface area contributed by atoms with Crippen LogP contribution in [0.3, 0.4) is 0 Å². The van der Waals surface area contributed by atoms with E-state index in [1.165, 1.54) is 16.7 Å². The van der Waals surface area contributed by atoms with Crippen LogP contribution in [0, 0.1) is 6.92 Å². The summed E-state index contributed by atoms with van der Waals surface area (Å²) < 4.78 is 0. The summed E-state index contributed by atoms with van der Waals surface area (Å²) in [5.74, 6) is -0.640. The highest BCUT2D eigenvalue weighted by Crippen LogP contribution is 2.31. The first-order valence-electron chi connectivity index (χ1n) is 7.34. The maximum atomic E-state index is 12.4. The normalized spacial score (nSPS) is 16.9. The molecule has 0 spiro atoms. The van der Waals surface area contributed by atoms with E-state index in [2.05, 4.69) is 30.4 Å². The Morgan fingerprint density at radius 1 is 1.23 bits per heavy atom. The summed E-state index contributed by atoms with van der Waals surface area (Å²) in [4.78, 5) is 24.4. The second-order valence-electron chi connectivity index (χ2n) is 5.65. The van der Waals surface area contributed by atoms with Crippen molar-refractivity contribution in [1.29, 1.82) is 0 Å². The Kier molecular flexibility index (Phi) is 3.98. The van der Waals surface area contributed by atoms with Crippen LogP contribution in [0.4, 0.5) is 0 Å². The fraction of sp³-hybridized carbons (Fsp3) is 0.294.